The number of aryl methyl sites for hydroxylation is 2. The zero-order valence-corrected chi connectivity index (χ0v) is 19.7. The molecule has 0 spiro atoms. The van der Waals surface area contributed by atoms with Crippen molar-refractivity contribution in [2.45, 2.75) is 51.9 Å². The van der Waals surface area contributed by atoms with Crippen molar-refractivity contribution < 1.29 is 0 Å². The van der Waals surface area contributed by atoms with E-state index in [-0.39, 0.29) is 10.8 Å². The molecule has 2 aliphatic carbocycles. The number of hydrogen-bond donors (Lipinski definition) is 0. The van der Waals surface area contributed by atoms with E-state index in [0.717, 1.165) is 6.42 Å². The van der Waals surface area contributed by atoms with Gasteiger partial charge in [0.2, 0.25) is 0 Å². The zero-order chi connectivity index (χ0) is 22.3. The molecule has 0 heterocycles. The van der Waals surface area contributed by atoms with Crippen LogP contribution in [0.2, 0.25) is 0 Å². The first-order valence-corrected chi connectivity index (χ1v) is 11.8. The summed E-state index contributed by atoms with van der Waals surface area (Å²) in [5.41, 5.74) is 15.9. The molecule has 0 aromatic heterocycles. The summed E-state index contributed by atoms with van der Waals surface area (Å²) in [5.74, 6) is 0. The predicted octanol–water partition coefficient (Wildman–Crippen LogP) is 8.14. The van der Waals surface area contributed by atoms with Crippen LogP contribution in [0.15, 0.2) is 78.9 Å². The minimum absolute atomic E-state index is 0.0390. The van der Waals surface area contributed by atoms with Crippen LogP contribution in [0.5, 0.6) is 0 Å². The summed E-state index contributed by atoms with van der Waals surface area (Å²) < 4.78 is 0. The Hall–Kier alpha value is -3.12. The summed E-state index contributed by atoms with van der Waals surface area (Å²) in [6.45, 7) is 11.8. The molecule has 0 saturated heterocycles. The van der Waals surface area contributed by atoms with E-state index in [4.69, 9.17) is 0 Å². The third kappa shape index (κ3) is 2.39. The Balaban J connectivity index is 1.62. The molecule has 0 heteroatoms. The molecule has 0 N–H and O–H groups in total. The molecule has 2 aliphatic rings. The van der Waals surface area contributed by atoms with E-state index >= 15 is 0 Å². The molecular weight excluding hydrogens is 384 g/mol. The minimum atomic E-state index is -0.0422. The van der Waals surface area contributed by atoms with Crippen LogP contribution in [0.3, 0.4) is 0 Å². The molecule has 0 radical (unpaired) electrons. The highest BCUT2D eigenvalue weighted by Gasteiger charge is 2.43. The molecule has 4 aromatic carbocycles. The summed E-state index contributed by atoms with van der Waals surface area (Å²) in [6, 6.07) is 29.7. The Morgan fingerprint density at radius 2 is 1.16 bits per heavy atom. The molecule has 158 valence electrons. The normalized spacial score (nSPS) is 19.3. The highest BCUT2D eigenvalue weighted by Crippen LogP contribution is 2.55. The first-order chi connectivity index (χ1) is 15.3. The molecule has 6 rings (SSSR count). The lowest BCUT2D eigenvalue weighted by Crippen LogP contribution is -2.25. The van der Waals surface area contributed by atoms with Crippen molar-refractivity contribution in [3.05, 3.63) is 118 Å². The van der Waals surface area contributed by atoms with Crippen molar-refractivity contribution in [2.75, 3.05) is 0 Å². The maximum Gasteiger partial charge on any atom is 0.0227 e. The van der Waals surface area contributed by atoms with Crippen molar-refractivity contribution >= 4 is 0 Å². The molecule has 0 nitrogen and oxygen atoms in total. The number of hydrogen-bond acceptors (Lipinski definition) is 0. The van der Waals surface area contributed by atoms with E-state index in [9.17, 15) is 0 Å². The SMILES string of the molecule is Cc1ccc2c(c1CC1(C)c3ccccc3-c3c(C)cccc31)-c1ccccc1C2(C)C. The lowest BCUT2D eigenvalue weighted by atomic mass is 9.72. The maximum absolute atomic E-state index is 2.46. The van der Waals surface area contributed by atoms with Crippen LogP contribution in [-0.4, -0.2) is 0 Å². The van der Waals surface area contributed by atoms with E-state index < -0.39 is 0 Å². The van der Waals surface area contributed by atoms with Crippen molar-refractivity contribution in [3.63, 3.8) is 0 Å². The molecule has 1 unspecified atom stereocenters. The summed E-state index contributed by atoms with van der Waals surface area (Å²) in [5, 5.41) is 0. The summed E-state index contributed by atoms with van der Waals surface area (Å²) in [6.07, 6.45) is 1.01. The molecule has 0 amide bonds. The van der Waals surface area contributed by atoms with Gasteiger partial charge in [-0.15, -0.1) is 0 Å². The van der Waals surface area contributed by atoms with Gasteiger partial charge in [0.15, 0.2) is 0 Å². The van der Waals surface area contributed by atoms with Gasteiger partial charge in [-0.2, -0.15) is 0 Å². The Labute approximate surface area is 192 Å². The van der Waals surface area contributed by atoms with Crippen LogP contribution in [-0.2, 0) is 17.3 Å². The second-order valence-corrected chi connectivity index (χ2v) is 10.5. The van der Waals surface area contributed by atoms with Crippen molar-refractivity contribution in [1.29, 1.82) is 0 Å². The van der Waals surface area contributed by atoms with Crippen LogP contribution in [0.25, 0.3) is 22.3 Å². The monoisotopic (exact) mass is 414 g/mol. The molecule has 4 aromatic rings. The van der Waals surface area contributed by atoms with Crippen LogP contribution >= 0.6 is 0 Å². The second kappa shape index (κ2) is 6.45. The summed E-state index contributed by atoms with van der Waals surface area (Å²) in [4.78, 5) is 0. The van der Waals surface area contributed by atoms with Crippen LogP contribution in [0.4, 0.5) is 0 Å². The number of fused-ring (bicyclic) bond motifs is 6. The van der Waals surface area contributed by atoms with E-state index in [1.54, 1.807) is 0 Å². The lowest BCUT2D eigenvalue weighted by Gasteiger charge is -2.30. The Kier molecular flexibility index (Phi) is 3.94. The Morgan fingerprint density at radius 3 is 1.91 bits per heavy atom. The first-order valence-electron chi connectivity index (χ1n) is 11.8. The van der Waals surface area contributed by atoms with E-state index in [2.05, 4.69) is 113 Å². The van der Waals surface area contributed by atoms with Gasteiger partial charge >= 0.3 is 0 Å². The fraction of sp³-hybridized carbons (Fsp3) is 0.250. The molecule has 0 bridgehead atoms. The maximum atomic E-state index is 2.46. The van der Waals surface area contributed by atoms with Gasteiger partial charge in [-0.3, -0.25) is 0 Å². The quantitative estimate of drug-likeness (QED) is 0.310. The molecule has 1 atom stereocenters. The summed E-state index contributed by atoms with van der Waals surface area (Å²) in [7, 11) is 0. The van der Waals surface area contributed by atoms with Gasteiger partial charge in [-0.25, -0.2) is 0 Å². The Morgan fingerprint density at radius 1 is 0.531 bits per heavy atom. The average Bonchev–Trinajstić information content (AvgIpc) is 3.18. The standard InChI is InChI=1S/C32H30/c1-20-17-18-27-30(22-12-6-8-14-25(22)31(27,3)4)24(20)19-32(5)26-15-9-7-13-23(26)29-21(2)11-10-16-28(29)32/h6-18H,19H2,1-5H3. The lowest BCUT2D eigenvalue weighted by molar-refractivity contribution is 0.580. The van der Waals surface area contributed by atoms with Crippen molar-refractivity contribution in [2.24, 2.45) is 0 Å². The van der Waals surface area contributed by atoms with Gasteiger partial charge in [-0.05, 0) is 81.5 Å². The van der Waals surface area contributed by atoms with E-state index in [1.807, 2.05) is 0 Å². The van der Waals surface area contributed by atoms with Crippen LogP contribution in [0, 0.1) is 13.8 Å². The largest absolute Gasteiger partial charge is 0.0619 e. The molecule has 32 heavy (non-hydrogen) atoms. The fourth-order valence-electron chi connectivity index (χ4n) is 6.56. The van der Waals surface area contributed by atoms with E-state index in [0.29, 0.717) is 0 Å². The van der Waals surface area contributed by atoms with Crippen molar-refractivity contribution in [3.8, 4) is 22.3 Å². The van der Waals surface area contributed by atoms with Gasteiger partial charge in [-0.1, -0.05) is 99.6 Å². The molecule has 0 fully saturated rings. The van der Waals surface area contributed by atoms with Gasteiger partial charge in [0.25, 0.3) is 0 Å². The van der Waals surface area contributed by atoms with Gasteiger partial charge < -0.3 is 0 Å². The highest BCUT2D eigenvalue weighted by atomic mass is 14.5. The van der Waals surface area contributed by atoms with Crippen molar-refractivity contribution in [1.82, 2.24) is 0 Å². The first kappa shape index (κ1) is 19.6. The van der Waals surface area contributed by atoms with Crippen LogP contribution < -0.4 is 0 Å². The molecule has 0 saturated carbocycles. The summed E-state index contributed by atoms with van der Waals surface area (Å²) >= 11 is 0. The number of rotatable bonds is 2. The average molecular weight is 415 g/mol. The third-order valence-electron chi connectivity index (χ3n) is 8.28. The van der Waals surface area contributed by atoms with Gasteiger partial charge in [0, 0.05) is 10.8 Å². The molecular formula is C32H30. The molecule has 0 aliphatic heterocycles. The predicted molar refractivity (Wildman–Crippen MR) is 136 cm³/mol. The second-order valence-electron chi connectivity index (χ2n) is 10.5. The fourth-order valence-corrected chi connectivity index (χ4v) is 6.56. The van der Waals surface area contributed by atoms with Gasteiger partial charge in [0.05, 0.1) is 0 Å². The minimum Gasteiger partial charge on any atom is -0.0619 e. The number of benzene rings is 4. The smallest absolute Gasteiger partial charge is 0.0227 e. The third-order valence-corrected chi connectivity index (χ3v) is 8.28. The Bertz CT molecular complexity index is 1400. The topological polar surface area (TPSA) is 0 Å². The van der Waals surface area contributed by atoms with E-state index in [1.165, 1.54) is 61.2 Å². The highest BCUT2D eigenvalue weighted by molar-refractivity contribution is 5.86. The van der Waals surface area contributed by atoms with Crippen LogP contribution in [0.1, 0.15) is 59.7 Å². The van der Waals surface area contributed by atoms with Gasteiger partial charge in [0.1, 0.15) is 0 Å². The zero-order valence-electron chi connectivity index (χ0n) is 19.7.